The minimum atomic E-state index is -0.455. The lowest BCUT2D eigenvalue weighted by molar-refractivity contribution is -0.130. The van der Waals surface area contributed by atoms with E-state index < -0.39 is 6.10 Å². The molecule has 1 aromatic heterocycles. The Hall–Kier alpha value is -2.21. The van der Waals surface area contributed by atoms with Gasteiger partial charge in [0.15, 0.2) is 0 Å². The van der Waals surface area contributed by atoms with Crippen molar-refractivity contribution in [2.45, 2.75) is 32.9 Å². The molecule has 1 N–H and O–H groups in total. The molecule has 0 bridgehead atoms. The van der Waals surface area contributed by atoms with E-state index >= 15 is 0 Å². The third kappa shape index (κ3) is 3.51. The minimum Gasteiger partial charge on any atom is -0.393 e. The highest BCUT2D eigenvalue weighted by molar-refractivity contribution is 5.81. The molecule has 1 unspecified atom stereocenters. The summed E-state index contributed by atoms with van der Waals surface area (Å²) in [7, 11) is 1.66. The maximum Gasteiger partial charge on any atom is 0.261 e. The summed E-state index contributed by atoms with van der Waals surface area (Å²) in [4.78, 5) is 30.3. The Bertz CT molecular complexity index is 737. The number of amides is 1. The highest BCUT2D eigenvalue weighted by atomic mass is 16.3. The van der Waals surface area contributed by atoms with Crippen molar-refractivity contribution in [3.05, 3.63) is 40.4 Å². The molecule has 6 nitrogen and oxygen atoms in total. The molecule has 22 heavy (non-hydrogen) atoms. The SMILES string of the molecule is Cc1cccc2c(=O)n(CC(=O)N(C)CCC(C)O)cnc12. The number of carbonyl (C=O) groups is 1. The third-order valence-corrected chi connectivity index (χ3v) is 3.67. The van der Waals surface area contributed by atoms with Crippen molar-refractivity contribution in [3.63, 3.8) is 0 Å². The standard InChI is InChI=1S/C16H21N3O3/c1-11-5-4-6-13-15(11)17-10-19(16(13)22)9-14(21)18(3)8-7-12(2)20/h4-6,10,12,20H,7-9H2,1-3H3. The number of hydrogen-bond donors (Lipinski definition) is 1. The van der Waals surface area contributed by atoms with Crippen LogP contribution in [0, 0.1) is 6.92 Å². The second-order valence-electron chi connectivity index (χ2n) is 5.60. The molecule has 1 atom stereocenters. The number of benzene rings is 1. The van der Waals surface area contributed by atoms with Crippen LogP contribution in [-0.2, 0) is 11.3 Å². The van der Waals surface area contributed by atoms with E-state index in [9.17, 15) is 14.7 Å². The van der Waals surface area contributed by atoms with E-state index in [-0.39, 0.29) is 18.0 Å². The Kier molecular flexibility index (Phi) is 4.92. The lowest BCUT2D eigenvalue weighted by Crippen LogP contribution is -2.35. The summed E-state index contributed by atoms with van der Waals surface area (Å²) in [5, 5.41) is 9.77. The van der Waals surface area contributed by atoms with Crippen molar-refractivity contribution < 1.29 is 9.90 Å². The number of aryl methyl sites for hydroxylation is 1. The molecule has 0 aliphatic carbocycles. The van der Waals surface area contributed by atoms with Crippen LogP contribution in [0.4, 0.5) is 0 Å². The van der Waals surface area contributed by atoms with Crippen molar-refractivity contribution in [1.82, 2.24) is 14.5 Å². The molecule has 0 radical (unpaired) electrons. The number of carbonyl (C=O) groups excluding carboxylic acids is 1. The molecule has 2 rings (SSSR count). The average Bonchev–Trinajstić information content (AvgIpc) is 2.48. The van der Waals surface area contributed by atoms with Crippen molar-refractivity contribution in [2.24, 2.45) is 0 Å². The fraction of sp³-hybridized carbons (Fsp3) is 0.438. The summed E-state index contributed by atoms with van der Waals surface area (Å²) in [6.07, 6.45) is 1.47. The Morgan fingerprint density at radius 3 is 2.86 bits per heavy atom. The summed E-state index contributed by atoms with van der Waals surface area (Å²) < 4.78 is 1.32. The Morgan fingerprint density at radius 1 is 1.45 bits per heavy atom. The zero-order valence-corrected chi connectivity index (χ0v) is 13.1. The molecule has 0 spiro atoms. The van der Waals surface area contributed by atoms with Crippen LogP contribution < -0.4 is 5.56 Å². The number of hydrogen-bond acceptors (Lipinski definition) is 4. The van der Waals surface area contributed by atoms with Gasteiger partial charge in [-0.2, -0.15) is 0 Å². The highest BCUT2D eigenvalue weighted by Crippen LogP contribution is 2.11. The number of para-hydroxylation sites is 1. The molecule has 6 heteroatoms. The van der Waals surface area contributed by atoms with Gasteiger partial charge in [-0.05, 0) is 31.9 Å². The first-order valence-electron chi connectivity index (χ1n) is 7.27. The monoisotopic (exact) mass is 303 g/mol. The van der Waals surface area contributed by atoms with E-state index in [4.69, 9.17) is 0 Å². The summed E-state index contributed by atoms with van der Waals surface area (Å²) in [6, 6.07) is 5.42. The van der Waals surface area contributed by atoms with Crippen LogP contribution in [0.15, 0.2) is 29.3 Å². The number of aliphatic hydroxyl groups excluding tert-OH is 1. The van der Waals surface area contributed by atoms with Crippen LogP contribution in [0.25, 0.3) is 10.9 Å². The van der Waals surface area contributed by atoms with E-state index in [0.717, 1.165) is 5.56 Å². The lowest BCUT2D eigenvalue weighted by Gasteiger charge is -2.18. The Balaban J connectivity index is 2.20. The molecule has 2 aromatic rings. The van der Waals surface area contributed by atoms with E-state index in [1.165, 1.54) is 15.8 Å². The zero-order valence-electron chi connectivity index (χ0n) is 13.1. The Morgan fingerprint density at radius 2 is 2.18 bits per heavy atom. The molecule has 1 aromatic carbocycles. The van der Waals surface area contributed by atoms with Gasteiger partial charge in [0, 0.05) is 13.6 Å². The minimum absolute atomic E-state index is 0.0496. The van der Waals surface area contributed by atoms with Crippen LogP contribution in [0.3, 0.4) is 0 Å². The van der Waals surface area contributed by atoms with Gasteiger partial charge in [-0.3, -0.25) is 14.2 Å². The maximum atomic E-state index is 12.4. The van der Waals surface area contributed by atoms with Gasteiger partial charge in [-0.1, -0.05) is 12.1 Å². The second kappa shape index (κ2) is 6.70. The number of aliphatic hydroxyl groups is 1. The normalized spacial score (nSPS) is 12.4. The molecule has 118 valence electrons. The molecular weight excluding hydrogens is 282 g/mol. The molecule has 0 saturated carbocycles. The van der Waals surface area contributed by atoms with Gasteiger partial charge in [0.05, 0.1) is 23.3 Å². The van der Waals surface area contributed by atoms with Gasteiger partial charge in [-0.25, -0.2) is 4.98 Å². The van der Waals surface area contributed by atoms with Gasteiger partial charge in [0.1, 0.15) is 6.54 Å². The summed E-state index contributed by atoms with van der Waals surface area (Å²) in [5.41, 5.74) is 1.38. The molecule has 1 heterocycles. The smallest absolute Gasteiger partial charge is 0.261 e. The lowest BCUT2D eigenvalue weighted by atomic mass is 10.1. The van der Waals surface area contributed by atoms with Crippen LogP contribution in [0.5, 0.6) is 0 Å². The first-order chi connectivity index (χ1) is 10.4. The van der Waals surface area contributed by atoms with Gasteiger partial charge >= 0.3 is 0 Å². The van der Waals surface area contributed by atoms with Crippen molar-refractivity contribution in [2.75, 3.05) is 13.6 Å². The third-order valence-electron chi connectivity index (χ3n) is 3.67. The molecule has 0 aliphatic heterocycles. The number of likely N-dealkylation sites (N-methyl/N-ethyl adjacent to an activating group) is 1. The van der Waals surface area contributed by atoms with Crippen LogP contribution in [-0.4, -0.2) is 45.2 Å². The quantitative estimate of drug-likeness (QED) is 0.892. The first kappa shape index (κ1) is 16.2. The summed E-state index contributed by atoms with van der Waals surface area (Å²) in [5.74, 6) is -0.184. The molecule has 0 saturated heterocycles. The van der Waals surface area contributed by atoms with Crippen LogP contribution >= 0.6 is 0 Å². The van der Waals surface area contributed by atoms with Gasteiger partial charge in [-0.15, -0.1) is 0 Å². The Labute approximate surface area is 129 Å². The number of fused-ring (bicyclic) bond motifs is 1. The number of rotatable bonds is 5. The topological polar surface area (TPSA) is 75.4 Å². The zero-order chi connectivity index (χ0) is 16.3. The predicted octanol–water partition coefficient (Wildman–Crippen LogP) is 0.934. The molecular formula is C16H21N3O3. The van der Waals surface area contributed by atoms with E-state index in [1.807, 2.05) is 19.1 Å². The van der Waals surface area contributed by atoms with Gasteiger partial charge in [0.25, 0.3) is 5.56 Å². The first-order valence-corrected chi connectivity index (χ1v) is 7.27. The van der Waals surface area contributed by atoms with Gasteiger partial charge in [0.2, 0.25) is 5.91 Å². The molecule has 0 fully saturated rings. The van der Waals surface area contributed by atoms with Crippen molar-refractivity contribution in [1.29, 1.82) is 0 Å². The fourth-order valence-corrected chi connectivity index (χ4v) is 2.22. The van der Waals surface area contributed by atoms with Crippen molar-refractivity contribution in [3.8, 4) is 0 Å². The fourth-order valence-electron chi connectivity index (χ4n) is 2.22. The predicted molar refractivity (Wildman–Crippen MR) is 84.7 cm³/mol. The van der Waals surface area contributed by atoms with E-state index in [1.54, 1.807) is 20.0 Å². The van der Waals surface area contributed by atoms with Gasteiger partial charge < -0.3 is 10.0 Å². The largest absolute Gasteiger partial charge is 0.393 e. The molecule has 0 aliphatic rings. The second-order valence-corrected chi connectivity index (χ2v) is 5.60. The van der Waals surface area contributed by atoms with Crippen LogP contribution in [0.1, 0.15) is 18.9 Å². The summed E-state index contributed by atoms with van der Waals surface area (Å²) >= 11 is 0. The highest BCUT2D eigenvalue weighted by Gasteiger charge is 2.13. The average molecular weight is 303 g/mol. The number of nitrogens with zero attached hydrogens (tertiary/aromatic N) is 3. The summed E-state index contributed by atoms with van der Waals surface area (Å²) in [6.45, 7) is 3.98. The molecule has 1 amide bonds. The maximum absolute atomic E-state index is 12.4. The van der Waals surface area contributed by atoms with Crippen molar-refractivity contribution >= 4 is 16.8 Å². The number of aromatic nitrogens is 2. The van der Waals surface area contributed by atoms with E-state index in [0.29, 0.717) is 23.9 Å². The van der Waals surface area contributed by atoms with Crippen LogP contribution in [0.2, 0.25) is 0 Å². The van der Waals surface area contributed by atoms with E-state index in [2.05, 4.69) is 4.98 Å².